The Morgan fingerprint density at radius 3 is 2.14 bits per heavy atom. The lowest BCUT2D eigenvalue weighted by atomic mass is 9.89. The molecule has 78 valence electrons. The van der Waals surface area contributed by atoms with Gasteiger partial charge in [-0.15, -0.1) is 0 Å². The van der Waals surface area contributed by atoms with E-state index in [2.05, 4.69) is 9.88 Å². The smallest absolute Gasteiger partial charge is 0.0518 e. The number of nitrogens with two attached hydrogens (primary N) is 1. The van der Waals surface area contributed by atoms with Gasteiger partial charge in [-0.25, -0.2) is 0 Å². The van der Waals surface area contributed by atoms with Gasteiger partial charge in [-0.05, 0) is 45.6 Å². The van der Waals surface area contributed by atoms with E-state index < -0.39 is 0 Å². The molecule has 0 spiro atoms. The van der Waals surface area contributed by atoms with E-state index in [1.165, 1.54) is 5.56 Å². The van der Waals surface area contributed by atoms with E-state index in [0.717, 1.165) is 0 Å². The van der Waals surface area contributed by atoms with Crippen molar-refractivity contribution in [2.45, 2.75) is 25.4 Å². The molecule has 0 aliphatic rings. The third kappa shape index (κ3) is 2.53. The lowest BCUT2D eigenvalue weighted by Crippen LogP contribution is -2.45. The first-order chi connectivity index (χ1) is 6.43. The topological polar surface area (TPSA) is 42.2 Å². The Bertz CT molecular complexity index is 274. The summed E-state index contributed by atoms with van der Waals surface area (Å²) in [6.07, 6.45) is 3.61. The Balaban J connectivity index is 3.02. The van der Waals surface area contributed by atoms with Crippen LogP contribution < -0.4 is 5.73 Å². The summed E-state index contributed by atoms with van der Waals surface area (Å²) >= 11 is 0. The summed E-state index contributed by atoms with van der Waals surface area (Å²) < 4.78 is 0. The average molecular weight is 193 g/mol. The van der Waals surface area contributed by atoms with E-state index in [1.807, 2.05) is 40.1 Å². The van der Waals surface area contributed by atoms with E-state index in [4.69, 9.17) is 5.73 Å². The monoisotopic (exact) mass is 193 g/mol. The van der Waals surface area contributed by atoms with E-state index in [9.17, 15) is 0 Å². The minimum Gasteiger partial charge on any atom is -0.324 e. The number of aromatic nitrogens is 1. The molecule has 0 saturated heterocycles. The van der Waals surface area contributed by atoms with Crippen LogP contribution in [0.1, 0.15) is 25.5 Å². The number of rotatable bonds is 3. The van der Waals surface area contributed by atoms with Crippen molar-refractivity contribution in [3.05, 3.63) is 30.1 Å². The Hall–Kier alpha value is -0.930. The highest BCUT2D eigenvalue weighted by Gasteiger charge is 2.28. The molecule has 14 heavy (non-hydrogen) atoms. The lowest BCUT2D eigenvalue weighted by molar-refractivity contribution is 0.204. The number of hydrogen-bond donors (Lipinski definition) is 1. The van der Waals surface area contributed by atoms with Crippen molar-refractivity contribution in [2.75, 3.05) is 14.1 Å². The van der Waals surface area contributed by atoms with Gasteiger partial charge in [0.25, 0.3) is 0 Å². The summed E-state index contributed by atoms with van der Waals surface area (Å²) in [6.45, 7) is 4.08. The van der Waals surface area contributed by atoms with Gasteiger partial charge in [-0.2, -0.15) is 0 Å². The van der Waals surface area contributed by atoms with Crippen molar-refractivity contribution in [3.63, 3.8) is 0 Å². The predicted molar refractivity (Wildman–Crippen MR) is 58.9 cm³/mol. The maximum atomic E-state index is 6.15. The van der Waals surface area contributed by atoms with Gasteiger partial charge in [0.05, 0.1) is 6.04 Å². The van der Waals surface area contributed by atoms with Crippen molar-refractivity contribution in [3.8, 4) is 0 Å². The Kier molecular flexibility index (Phi) is 3.24. The predicted octanol–water partition coefficient (Wildman–Crippen LogP) is 1.42. The molecule has 1 rings (SSSR count). The fourth-order valence-corrected chi connectivity index (χ4v) is 1.94. The first kappa shape index (κ1) is 11.1. The number of pyridine rings is 1. The van der Waals surface area contributed by atoms with Crippen LogP contribution in [0.4, 0.5) is 0 Å². The fraction of sp³-hybridized carbons (Fsp3) is 0.545. The van der Waals surface area contributed by atoms with Gasteiger partial charge < -0.3 is 10.6 Å². The van der Waals surface area contributed by atoms with E-state index in [-0.39, 0.29) is 11.6 Å². The molecule has 0 aromatic carbocycles. The Morgan fingerprint density at radius 1 is 1.29 bits per heavy atom. The van der Waals surface area contributed by atoms with Crippen LogP contribution in [0, 0.1) is 0 Å². The summed E-state index contributed by atoms with van der Waals surface area (Å²) in [5.74, 6) is 0. The third-order valence-corrected chi connectivity index (χ3v) is 2.24. The standard InChI is InChI=1S/C11H19N3/c1-11(2,12)10(14(3)4)9-5-7-13-8-6-9/h5-8,10H,12H2,1-4H3. The highest BCUT2D eigenvalue weighted by molar-refractivity contribution is 5.19. The zero-order valence-electron chi connectivity index (χ0n) is 9.36. The molecule has 1 unspecified atom stereocenters. The van der Waals surface area contributed by atoms with Crippen LogP contribution in [0.2, 0.25) is 0 Å². The van der Waals surface area contributed by atoms with Crippen LogP contribution in [0.15, 0.2) is 24.5 Å². The van der Waals surface area contributed by atoms with Gasteiger partial charge in [-0.3, -0.25) is 4.98 Å². The summed E-state index contributed by atoms with van der Waals surface area (Å²) in [5.41, 5.74) is 7.10. The number of nitrogens with zero attached hydrogens (tertiary/aromatic N) is 2. The second-order valence-corrected chi connectivity index (χ2v) is 4.47. The molecule has 0 saturated carbocycles. The van der Waals surface area contributed by atoms with Gasteiger partial charge in [0.1, 0.15) is 0 Å². The van der Waals surface area contributed by atoms with Crippen LogP contribution in [-0.2, 0) is 0 Å². The van der Waals surface area contributed by atoms with Crippen LogP contribution in [-0.4, -0.2) is 29.5 Å². The van der Waals surface area contributed by atoms with Crippen LogP contribution >= 0.6 is 0 Å². The maximum absolute atomic E-state index is 6.15. The quantitative estimate of drug-likeness (QED) is 0.789. The molecule has 0 aliphatic heterocycles. The second-order valence-electron chi connectivity index (χ2n) is 4.47. The largest absolute Gasteiger partial charge is 0.324 e. The van der Waals surface area contributed by atoms with E-state index in [1.54, 1.807) is 12.4 Å². The summed E-state index contributed by atoms with van der Waals surface area (Å²) in [7, 11) is 4.08. The average Bonchev–Trinajstić information content (AvgIpc) is 2.02. The van der Waals surface area contributed by atoms with Crippen molar-refractivity contribution in [1.82, 2.24) is 9.88 Å². The molecular formula is C11H19N3. The van der Waals surface area contributed by atoms with E-state index >= 15 is 0 Å². The first-order valence-electron chi connectivity index (χ1n) is 4.78. The molecule has 0 amide bonds. The summed E-state index contributed by atoms with van der Waals surface area (Å²) in [4.78, 5) is 6.14. The highest BCUT2D eigenvalue weighted by Crippen LogP contribution is 2.27. The molecule has 0 aliphatic carbocycles. The third-order valence-electron chi connectivity index (χ3n) is 2.24. The lowest BCUT2D eigenvalue weighted by Gasteiger charge is -2.36. The molecular weight excluding hydrogens is 174 g/mol. The Labute approximate surface area is 85.9 Å². The van der Waals surface area contributed by atoms with E-state index in [0.29, 0.717) is 0 Å². The van der Waals surface area contributed by atoms with Crippen molar-refractivity contribution < 1.29 is 0 Å². The summed E-state index contributed by atoms with van der Waals surface area (Å²) in [6, 6.07) is 4.24. The van der Waals surface area contributed by atoms with Crippen LogP contribution in [0.25, 0.3) is 0 Å². The molecule has 0 radical (unpaired) electrons. The SMILES string of the molecule is CN(C)C(c1ccncc1)C(C)(C)N. The number of hydrogen-bond acceptors (Lipinski definition) is 3. The zero-order chi connectivity index (χ0) is 10.8. The van der Waals surface area contributed by atoms with Gasteiger partial charge in [0.2, 0.25) is 0 Å². The molecule has 1 heterocycles. The number of likely N-dealkylation sites (N-methyl/N-ethyl adjacent to an activating group) is 1. The van der Waals surface area contributed by atoms with Crippen molar-refractivity contribution >= 4 is 0 Å². The van der Waals surface area contributed by atoms with Crippen molar-refractivity contribution in [2.24, 2.45) is 5.73 Å². The molecule has 1 aromatic heterocycles. The fourth-order valence-electron chi connectivity index (χ4n) is 1.94. The van der Waals surface area contributed by atoms with Crippen LogP contribution in [0.3, 0.4) is 0 Å². The van der Waals surface area contributed by atoms with Gasteiger partial charge >= 0.3 is 0 Å². The molecule has 1 atom stereocenters. The van der Waals surface area contributed by atoms with Crippen molar-refractivity contribution in [1.29, 1.82) is 0 Å². The highest BCUT2D eigenvalue weighted by atomic mass is 15.1. The summed E-state index contributed by atoms with van der Waals surface area (Å²) in [5, 5.41) is 0. The van der Waals surface area contributed by atoms with Gasteiger partial charge in [-0.1, -0.05) is 0 Å². The molecule has 2 N–H and O–H groups in total. The molecule has 1 aromatic rings. The molecule has 3 nitrogen and oxygen atoms in total. The van der Waals surface area contributed by atoms with Gasteiger partial charge in [0.15, 0.2) is 0 Å². The Morgan fingerprint density at radius 2 is 1.79 bits per heavy atom. The normalized spacial score (nSPS) is 14.4. The van der Waals surface area contributed by atoms with Crippen LogP contribution in [0.5, 0.6) is 0 Å². The molecule has 0 fully saturated rings. The van der Waals surface area contributed by atoms with Gasteiger partial charge in [0, 0.05) is 17.9 Å². The molecule has 3 heteroatoms. The second kappa shape index (κ2) is 4.07. The molecule has 0 bridgehead atoms. The minimum absolute atomic E-state index is 0.213. The minimum atomic E-state index is -0.259. The zero-order valence-corrected chi connectivity index (χ0v) is 9.36. The first-order valence-corrected chi connectivity index (χ1v) is 4.78. The maximum Gasteiger partial charge on any atom is 0.0518 e.